The normalized spacial score (nSPS) is 18.0. The third kappa shape index (κ3) is 5.03. The van der Waals surface area contributed by atoms with Crippen LogP contribution in [0.3, 0.4) is 0 Å². The molecule has 210 valence electrons. The fraction of sp³-hybridized carbons (Fsp3) is 0.314. The van der Waals surface area contributed by atoms with E-state index in [2.05, 4.69) is 56.3 Å². The fourth-order valence-electron chi connectivity index (χ4n) is 6.15. The first-order valence-corrected chi connectivity index (χ1v) is 14.2. The number of aryl methyl sites for hydroxylation is 4. The van der Waals surface area contributed by atoms with E-state index in [0.29, 0.717) is 24.2 Å². The molecule has 2 heterocycles. The van der Waals surface area contributed by atoms with Crippen LogP contribution in [0.4, 0.5) is 11.4 Å². The average molecular weight is 549 g/mol. The molecule has 0 radical (unpaired) electrons. The minimum Gasteiger partial charge on any atom is -0.269 e. The highest BCUT2D eigenvalue weighted by Crippen LogP contribution is 2.43. The lowest BCUT2D eigenvalue weighted by Gasteiger charge is -2.30. The number of hydrogen-bond donors (Lipinski definition) is 0. The molecule has 0 atom stereocenters. The van der Waals surface area contributed by atoms with Gasteiger partial charge in [-0.1, -0.05) is 70.2 Å². The monoisotopic (exact) mass is 548 g/mol. The Morgan fingerprint density at radius 2 is 1.10 bits per heavy atom. The number of rotatable bonds is 7. The zero-order valence-electron chi connectivity index (χ0n) is 24.6. The maximum Gasteiger partial charge on any atom is 0.258 e. The van der Waals surface area contributed by atoms with Crippen molar-refractivity contribution in [2.24, 2.45) is 5.41 Å². The second kappa shape index (κ2) is 10.6. The summed E-state index contributed by atoms with van der Waals surface area (Å²) in [5, 5.41) is 0. The number of allylic oxidation sites excluding steroid dienone is 4. The van der Waals surface area contributed by atoms with Crippen molar-refractivity contribution in [3.63, 3.8) is 0 Å². The van der Waals surface area contributed by atoms with E-state index in [1.54, 1.807) is 0 Å². The number of imide groups is 2. The molecule has 0 spiro atoms. The maximum absolute atomic E-state index is 12.6. The minimum atomic E-state index is -0.323. The predicted molar refractivity (Wildman–Crippen MR) is 162 cm³/mol. The van der Waals surface area contributed by atoms with Crippen molar-refractivity contribution in [1.29, 1.82) is 0 Å². The summed E-state index contributed by atoms with van der Waals surface area (Å²) in [5.41, 5.74) is 8.25. The Morgan fingerprint density at radius 1 is 0.683 bits per heavy atom. The van der Waals surface area contributed by atoms with E-state index in [0.717, 1.165) is 45.4 Å². The highest BCUT2D eigenvalue weighted by Gasteiger charge is 2.32. The molecule has 4 amide bonds. The Morgan fingerprint density at radius 3 is 1.44 bits per heavy atom. The van der Waals surface area contributed by atoms with Gasteiger partial charge in [0, 0.05) is 30.2 Å². The summed E-state index contributed by atoms with van der Waals surface area (Å²) in [7, 11) is 0. The topological polar surface area (TPSA) is 74.8 Å². The molecule has 0 N–H and O–H groups in total. The Kier molecular flexibility index (Phi) is 7.28. The molecule has 3 aliphatic rings. The minimum absolute atomic E-state index is 0.0592. The highest BCUT2D eigenvalue weighted by atomic mass is 16.2. The van der Waals surface area contributed by atoms with Crippen LogP contribution in [0, 0.1) is 19.3 Å². The number of anilines is 2. The summed E-state index contributed by atoms with van der Waals surface area (Å²) in [5.74, 6) is -1.41. The van der Waals surface area contributed by atoms with Crippen molar-refractivity contribution in [3.05, 3.63) is 106 Å². The number of nitrogens with zero attached hydrogens (tertiary/aromatic N) is 2. The summed E-state index contributed by atoms with van der Waals surface area (Å²) in [6.45, 7) is 12.4. The number of amides is 4. The van der Waals surface area contributed by atoms with E-state index in [-0.39, 0.29) is 35.0 Å². The molecule has 2 aromatic carbocycles. The van der Waals surface area contributed by atoms with Crippen LogP contribution in [0.1, 0.15) is 73.4 Å². The third-order valence-corrected chi connectivity index (χ3v) is 8.22. The zero-order chi connectivity index (χ0) is 29.6. The van der Waals surface area contributed by atoms with Crippen LogP contribution < -0.4 is 9.80 Å². The highest BCUT2D eigenvalue weighted by molar-refractivity contribution is 6.29. The molecule has 1 aliphatic carbocycles. The number of carbonyl (C=O) groups is 4. The van der Waals surface area contributed by atoms with Crippen molar-refractivity contribution >= 4 is 35.0 Å². The van der Waals surface area contributed by atoms with Gasteiger partial charge in [0.05, 0.1) is 11.4 Å². The first kappa shape index (κ1) is 28.2. The van der Waals surface area contributed by atoms with E-state index in [1.165, 1.54) is 34.1 Å². The van der Waals surface area contributed by atoms with Gasteiger partial charge in [-0.3, -0.25) is 19.2 Å². The van der Waals surface area contributed by atoms with Crippen molar-refractivity contribution in [3.8, 4) is 0 Å². The summed E-state index contributed by atoms with van der Waals surface area (Å²) in [6, 6.07) is 8.40. The molecule has 6 nitrogen and oxygen atoms in total. The Bertz CT molecular complexity index is 1480. The molecule has 2 aromatic rings. The van der Waals surface area contributed by atoms with Crippen molar-refractivity contribution < 1.29 is 19.2 Å². The zero-order valence-corrected chi connectivity index (χ0v) is 24.6. The van der Waals surface area contributed by atoms with Crippen molar-refractivity contribution in [1.82, 2.24) is 0 Å². The second-order valence-corrected chi connectivity index (χ2v) is 11.8. The van der Waals surface area contributed by atoms with Crippen LogP contribution in [-0.2, 0) is 32.0 Å². The van der Waals surface area contributed by atoms with Gasteiger partial charge < -0.3 is 0 Å². The first-order chi connectivity index (χ1) is 19.5. The number of carbonyl (C=O) groups excluding carboxylic acids is 4. The maximum atomic E-state index is 12.6. The average Bonchev–Trinajstić information content (AvgIpc) is 3.43. The van der Waals surface area contributed by atoms with E-state index in [9.17, 15) is 19.2 Å². The van der Waals surface area contributed by atoms with Gasteiger partial charge in [0.2, 0.25) is 0 Å². The van der Waals surface area contributed by atoms with E-state index in [1.807, 2.05) is 27.7 Å². The van der Waals surface area contributed by atoms with Crippen molar-refractivity contribution in [2.75, 3.05) is 9.80 Å². The van der Waals surface area contributed by atoms with Gasteiger partial charge in [0.25, 0.3) is 23.6 Å². The Hall–Kier alpha value is -4.32. The largest absolute Gasteiger partial charge is 0.269 e. The fourth-order valence-corrected chi connectivity index (χ4v) is 6.15. The molecule has 0 fully saturated rings. The van der Waals surface area contributed by atoms with Gasteiger partial charge in [0.1, 0.15) is 0 Å². The van der Waals surface area contributed by atoms with Gasteiger partial charge in [-0.15, -0.1) is 0 Å². The molecule has 0 aromatic heterocycles. The smallest absolute Gasteiger partial charge is 0.258 e. The quantitative estimate of drug-likeness (QED) is 0.379. The molecule has 0 bridgehead atoms. The lowest BCUT2D eigenvalue weighted by atomic mass is 9.76. The SMILES string of the molecule is CCc1cc(C(C2=CCC(C)(C)C=C2)c2cc(C)c(N3C(=O)C=CC3=O)c(CC)c2)cc(C)c1N1C(=O)C=CC1=O. The van der Waals surface area contributed by atoms with E-state index < -0.39 is 0 Å². The molecular weight excluding hydrogens is 512 g/mol. The van der Waals surface area contributed by atoms with E-state index >= 15 is 0 Å². The molecule has 41 heavy (non-hydrogen) atoms. The van der Waals surface area contributed by atoms with Crippen LogP contribution in [0.5, 0.6) is 0 Å². The van der Waals surface area contributed by atoms with Crippen molar-refractivity contribution in [2.45, 2.75) is 66.7 Å². The predicted octanol–water partition coefficient (Wildman–Crippen LogP) is 6.33. The third-order valence-electron chi connectivity index (χ3n) is 8.22. The molecular formula is C35H36N2O4. The Balaban J connectivity index is 1.69. The van der Waals surface area contributed by atoms with Crippen LogP contribution in [0.2, 0.25) is 0 Å². The molecule has 0 unspecified atom stereocenters. The lowest BCUT2D eigenvalue weighted by molar-refractivity contribution is -0.121. The summed E-state index contributed by atoms with van der Waals surface area (Å²) >= 11 is 0. The Labute approximate surface area is 241 Å². The van der Waals surface area contributed by atoms with Gasteiger partial charge in [-0.05, 0) is 77.5 Å². The number of benzene rings is 2. The van der Waals surface area contributed by atoms with Crippen LogP contribution in [0.15, 0.2) is 72.4 Å². The number of hydrogen-bond acceptors (Lipinski definition) is 4. The van der Waals surface area contributed by atoms with Gasteiger partial charge in [-0.2, -0.15) is 0 Å². The molecule has 0 saturated heterocycles. The second-order valence-electron chi connectivity index (χ2n) is 11.8. The molecule has 0 saturated carbocycles. The van der Waals surface area contributed by atoms with E-state index in [4.69, 9.17) is 0 Å². The van der Waals surface area contributed by atoms with Crippen LogP contribution in [0.25, 0.3) is 0 Å². The van der Waals surface area contributed by atoms with Crippen LogP contribution in [-0.4, -0.2) is 23.6 Å². The van der Waals surface area contributed by atoms with Crippen LogP contribution >= 0.6 is 0 Å². The molecule has 5 rings (SSSR count). The van der Waals surface area contributed by atoms with Gasteiger partial charge >= 0.3 is 0 Å². The lowest BCUT2D eigenvalue weighted by Crippen LogP contribution is -2.31. The first-order valence-electron chi connectivity index (χ1n) is 14.2. The summed E-state index contributed by atoms with van der Waals surface area (Å²) in [6.07, 6.45) is 14.2. The summed E-state index contributed by atoms with van der Waals surface area (Å²) < 4.78 is 0. The standard InChI is InChI=1S/C35H36N2O4/c1-7-23-19-26(17-21(3)33(23)36-28(38)9-10-29(36)39)32(25-13-15-35(5,6)16-14-25)27-18-22(4)34(24(8-2)20-27)37-30(40)11-12-31(37)41/h9-15,17-20,32H,7-8,16H2,1-6H3. The summed E-state index contributed by atoms with van der Waals surface area (Å²) in [4.78, 5) is 52.9. The molecule has 2 aliphatic heterocycles. The van der Waals surface area contributed by atoms with Gasteiger partial charge in [0.15, 0.2) is 0 Å². The molecule has 6 heteroatoms. The van der Waals surface area contributed by atoms with Gasteiger partial charge in [-0.25, -0.2) is 9.80 Å².